The van der Waals surface area contributed by atoms with E-state index in [4.69, 9.17) is 0 Å². The first-order valence-electron chi connectivity index (χ1n) is 8.74. The van der Waals surface area contributed by atoms with Gasteiger partial charge in [0.05, 0.1) is 4.90 Å². The molecule has 0 amide bonds. The standard InChI is InChI=1S/C21H23N3O2S/c1-17-5-3-4-6-21(17)27(25,26)23-19-7-9-20(10-8-19)24(2)16-13-18-11-14-22-15-12-18/h3-12,14-15,23H,13,16H2,1-2H3. The van der Waals surface area contributed by atoms with Crippen molar-refractivity contribution in [1.82, 2.24) is 4.98 Å². The number of nitrogens with zero attached hydrogens (tertiary/aromatic N) is 2. The average Bonchev–Trinajstić information content (AvgIpc) is 2.67. The molecule has 0 saturated carbocycles. The first-order valence-corrected chi connectivity index (χ1v) is 10.2. The van der Waals surface area contributed by atoms with E-state index in [9.17, 15) is 8.42 Å². The largest absolute Gasteiger partial charge is 0.374 e. The van der Waals surface area contributed by atoms with Gasteiger partial charge in [-0.3, -0.25) is 9.71 Å². The third-order valence-electron chi connectivity index (χ3n) is 4.43. The maximum atomic E-state index is 12.6. The number of anilines is 2. The smallest absolute Gasteiger partial charge is 0.262 e. The summed E-state index contributed by atoms with van der Waals surface area (Å²) in [5.41, 5.74) is 3.53. The molecular weight excluding hydrogens is 358 g/mol. The van der Waals surface area contributed by atoms with E-state index in [0.717, 1.165) is 24.2 Å². The van der Waals surface area contributed by atoms with E-state index in [1.54, 1.807) is 49.6 Å². The fourth-order valence-corrected chi connectivity index (χ4v) is 4.13. The van der Waals surface area contributed by atoms with E-state index < -0.39 is 10.0 Å². The van der Waals surface area contributed by atoms with Gasteiger partial charge in [-0.25, -0.2) is 8.42 Å². The predicted molar refractivity (Wildman–Crippen MR) is 110 cm³/mol. The van der Waals surface area contributed by atoms with Gasteiger partial charge in [-0.1, -0.05) is 18.2 Å². The molecule has 0 fully saturated rings. The van der Waals surface area contributed by atoms with Gasteiger partial charge in [0.15, 0.2) is 0 Å². The van der Waals surface area contributed by atoms with Crippen LogP contribution in [0.1, 0.15) is 11.1 Å². The first kappa shape index (κ1) is 18.9. The highest BCUT2D eigenvalue weighted by Gasteiger charge is 2.16. The molecule has 0 spiro atoms. The van der Waals surface area contributed by atoms with Crippen LogP contribution in [-0.4, -0.2) is 27.0 Å². The second-order valence-corrected chi connectivity index (χ2v) is 8.10. The molecule has 0 saturated heterocycles. The zero-order valence-corrected chi connectivity index (χ0v) is 16.3. The SMILES string of the molecule is Cc1ccccc1S(=O)(=O)Nc1ccc(N(C)CCc2ccncc2)cc1. The van der Waals surface area contributed by atoms with E-state index >= 15 is 0 Å². The molecule has 3 aromatic rings. The third kappa shape index (κ3) is 4.86. The first-order chi connectivity index (χ1) is 13.0. The van der Waals surface area contributed by atoms with Crippen molar-refractivity contribution >= 4 is 21.4 Å². The van der Waals surface area contributed by atoms with Crippen molar-refractivity contribution in [2.24, 2.45) is 0 Å². The lowest BCUT2D eigenvalue weighted by atomic mass is 10.2. The van der Waals surface area contributed by atoms with Crippen molar-refractivity contribution in [3.63, 3.8) is 0 Å². The number of hydrogen-bond acceptors (Lipinski definition) is 4. The zero-order chi connectivity index (χ0) is 19.3. The number of likely N-dealkylation sites (N-methyl/N-ethyl adjacent to an activating group) is 1. The number of pyridine rings is 1. The summed E-state index contributed by atoms with van der Waals surface area (Å²) in [7, 11) is -1.57. The lowest BCUT2D eigenvalue weighted by molar-refractivity contribution is 0.600. The normalized spacial score (nSPS) is 11.2. The summed E-state index contributed by atoms with van der Waals surface area (Å²) in [6.07, 6.45) is 4.51. The van der Waals surface area contributed by atoms with Crippen molar-refractivity contribution in [2.45, 2.75) is 18.2 Å². The molecule has 6 heteroatoms. The second kappa shape index (κ2) is 8.22. The Hall–Kier alpha value is -2.86. The second-order valence-electron chi connectivity index (χ2n) is 6.44. The Morgan fingerprint density at radius 3 is 2.30 bits per heavy atom. The molecule has 0 unspecified atom stereocenters. The van der Waals surface area contributed by atoms with Crippen LogP contribution in [0.5, 0.6) is 0 Å². The van der Waals surface area contributed by atoms with Crippen LogP contribution in [0.3, 0.4) is 0 Å². The molecule has 5 nitrogen and oxygen atoms in total. The summed E-state index contributed by atoms with van der Waals surface area (Å²) in [6.45, 7) is 2.65. The quantitative estimate of drug-likeness (QED) is 0.675. The molecule has 27 heavy (non-hydrogen) atoms. The molecule has 2 aromatic carbocycles. The molecule has 1 aromatic heterocycles. The molecular formula is C21H23N3O2S. The van der Waals surface area contributed by atoms with Gasteiger partial charge in [-0.05, 0) is 66.9 Å². The maximum absolute atomic E-state index is 12.6. The van der Waals surface area contributed by atoms with Gasteiger partial charge in [0.25, 0.3) is 10.0 Å². The van der Waals surface area contributed by atoms with Gasteiger partial charge < -0.3 is 4.90 Å². The highest BCUT2D eigenvalue weighted by molar-refractivity contribution is 7.92. The van der Waals surface area contributed by atoms with Crippen LogP contribution in [0.4, 0.5) is 11.4 Å². The number of rotatable bonds is 7. The molecule has 0 radical (unpaired) electrons. The summed E-state index contributed by atoms with van der Waals surface area (Å²) in [5, 5.41) is 0. The van der Waals surface area contributed by atoms with Gasteiger partial charge in [0.1, 0.15) is 0 Å². The van der Waals surface area contributed by atoms with Crippen molar-refractivity contribution < 1.29 is 8.42 Å². The fourth-order valence-electron chi connectivity index (χ4n) is 2.83. The van der Waals surface area contributed by atoms with Crippen molar-refractivity contribution in [3.05, 3.63) is 84.2 Å². The highest BCUT2D eigenvalue weighted by Crippen LogP contribution is 2.22. The summed E-state index contributed by atoms with van der Waals surface area (Å²) >= 11 is 0. The van der Waals surface area contributed by atoms with Crippen LogP contribution in [0.2, 0.25) is 0 Å². The topological polar surface area (TPSA) is 62.3 Å². The monoisotopic (exact) mass is 381 g/mol. The van der Waals surface area contributed by atoms with Gasteiger partial charge in [0, 0.05) is 37.4 Å². The van der Waals surface area contributed by atoms with Crippen LogP contribution >= 0.6 is 0 Å². The Balaban J connectivity index is 1.65. The Morgan fingerprint density at radius 2 is 1.63 bits per heavy atom. The minimum atomic E-state index is -3.59. The zero-order valence-electron chi connectivity index (χ0n) is 15.5. The molecule has 0 bridgehead atoms. The maximum Gasteiger partial charge on any atom is 0.262 e. The number of hydrogen-bond donors (Lipinski definition) is 1. The van der Waals surface area contributed by atoms with Crippen molar-refractivity contribution in [3.8, 4) is 0 Å². The van der Waals surface area contributed by atoms with Crippen LogP contribution in [-0.2, 0) is 16.4 Å². The predicted octanol–water partition coefficient (Wildman–Crippen LogP) is 3.87. The molecule has 0 aliphatic rings. The molecule has 0 aliphatic carbocycles. The van der Waals surface area contributed by atoms with E-state index in [2.05, 4.69) is 14.6 Å². The van der Waals surface area contributed by atoms with Crippen molar-refractivity contribution in [2.75, 3.05) is 23.2 Å². The fraction of sp³-hybridized carbons (Fsp3) is 0.190. The Morgan fingerprint density at radius 1 is 0.963 bits per heavy atom. The average molecular weight is 382 g/mol. The van der Waals surface area contributed by atoms with Gasteiger partial charge in [0.2, 0.25) is 0 Å². The van der Waals surface area contributed by atoms with Gasteiger partial charge >= 0.3 is 0 Å². The lowest BCUT2D eigenvalue weighted by Gasteiger charge is -2.20. The van der Waals surface area contributed by atoms with Crippen LogP contribution in [0, 0.1) is 6.92 Å². The summed E-state index contributed by atoms with van der Waals surface area (Å²) in [5.74, 6) is 0. The number of nitrogens with one attached hydrogen (secondary N) is 1. The van der Waals surface area contributed by atoms with E-state index in [1.807, 2.05) is 37.4 Å². The molecule has 0 aliphatic heterocycles. The molecule has 0 atom stereocenters. The Kier molecular flexibility index (Phi) is 5.76. The highest BCUT2D eigenvalue weighted by atomic mass is 32.2. The lowest BCUT2D eigenvalue weighted by Crippen LogP contribution is -2.20. The third-order valence-corrected chi connectivity index (χ3v) is 5.97. The van der Waals surface area contributed by atoms with E-state index in [0.29, 0.717) is 10.6 Å². The van der Waals surface area contributed by atoms with Crippen LogP contribution in [0.25, 0.3) is 0 Å². The van der Waals surface area contributed by atoms with E-state index in [1.165, 1.54) is 5.56 Å². The van der Waals surface area contributed by atoms with Crippen LogP contribution in [0.15, 0.2) is 78.0 Å². The summed E-state index contributed by atoms with van der Waals surface area (Å²) in [6, 6.07) is 18.4. The number of sulfonamides is 1. The van der Waals surface area contributed by atoms with E-state index in [-0.39, 0.29) is 0 Å². The summed E-state index contributed by atoms with van der Waals surface area (Å²) in [4.78, 5) is 6.46. The summed E-state index contributed by atoms with van der Waals surface area (Å²) < 4.78 is 27.8. The number of aromatic nitrogens is 1. The minimum Gasteiger partial charge on any atom is -0.374 e. The van der Waals surface area contributed by atoms with Gasteiger partial charge in [-0.2, -0.15) is 0 Å². The Bertz CT molecular complexity index is 987. The molecule has 3 rings (SSSR count). The number of aryl methyl sites for hydroxylation is 1. The van der Waals surface area contributed by atoms with Gasteiger partial charge in [-0.15, -0.1) is 0 Å². The molecule has 1 N–H and O–H groups in total. The van der Waals surface area contributed by atoms with Crippen LogP contribution < -0.4 is 9.62 Å². The Labute approximate surface area is 160 Å². The number of benzene rings is 2. The van der Waals surface area contributed by atoms with Crippen molar-refractivity contribution in [1.29, 1.82) is 0 Å². The minimum absolute atomic E-state index is 0.295. The molecule has 1 heterocycles. The molecule has 140 valence electrons.